The summed E-state index contributed by atoms with van der Waals surface area (Å²) in [6.45, 7) is 6.07. The molecule has 1 N–H and O–H groups in total. The zero-order chi connectivity index (χ0) is 23.2. The topological polar surface area (TPSA) is 77.0 Å². The lowest BCUT2D eigenvalue weighted by Gasteiger charge is -2.34. The van der Waals surface area contributed by atoms with E-state index in [0.717, 1.165) is 28.8 Å². The van der Waals surface area contributed by atoms with Crippen molar-refractivity contribution in [2.24, 2.45) is 0 Å². The van der Waals surface area contributed by atoms with Crippen molar-refractivity contribution in [3.63, 3.8) is 0 Å². The van der Waals surface area contributed by atoms with E-state index in [-0.39, 0.29) is 0 Å². The molecule has 1 aliphatic rings. The first-order valence-corrected chi connectivity index (χ1v) is 11.2. The second-order valence-electron chi connectivity index (χ2n) is 9.41. The van der Waals surface area contributed by atoms with Crippen LogP contribution in [0, 0.1) is 6.92 Å². The molecule has 170 valence electrons. The summed E-state index contributed by atoms with van der Waals surface area (Å²) in [4.78, 5) is 4.50. The van der Waals surface area contributed by atoms with Gasteiger partial charge < -0.3 is 9.63 Å². The molecule has 33 heavy (non-hydrogen) atoms. The minimum Gasteiger partial charge on any atom is -0.386 e. The summed E-state index contributed by atoms with van der Waals surface area (Å²) in [6, 6.07) is 17.0. The van der Waals surface area contributed by atoms with Crippen LogP contribution in [0.15, 0.2) is 59.1 Å². The normalized spacial score (nSPS) is 15.4. The van der Waals surface area contributed by atoms with Gasteiger partial charge in [0.25, 0.3) is 5.89 Å². The molecule has 2 aromatic heterocycles. The minimum absolute atomic E-state index is 0.335. The van der Waals surface area contributed by atoms with Crippen LogP contribution >= 0.6 is 0 Å². The third-order valence-electron chi connectivity index (χ3n) is 6.40. The molecule has 7 heteroatoms. The number of hydrogen-bond acceptors (Lipinski definition) is 5. The van der Waals surface area contributed by atoms with Crippen LogP contribution < -0.4 is 0 Å². The second kappa shape index (κ2) is 7.92. The van der Waals surface area contributed by atoms with Crippen molar-refractivity contribution in [2.45, 2.75) is 57.8 Å². The Morgan fingerprint density at radius 3 is 2.55 bits per heavy atom. The summed E-state index contributed by atoms with van der Waals surface area (Å²) in [5, 5.41) is 19.0. The highest BCUT2D eigenvalue weighted by Gasteiger charge is 2.38. The third-order valence-corrected chi connectivity index (χ3v) is 6.40. The maximum absolute atomic E-state index is 14.6. The lowest BCUT2D eigenvalue weighted by atomic mass is 9.77. The Morgan fingerprint density at radius 1 is 1.12 bits per heavy atom. The number of aliphatic hydroxyl groups is 1. The molecule has 0 saturated heterocycles. The van der Waals surface area contributed by atoms with Crippen LogP contribution in [0.2, 0.25) is 0 Å². The molecule has 1 fully saturated rings. The van der Waals surface area contributed by atoms with Gasteiger partial charge >= 0.3 is 0 Å². The molecule has 0 amide bonds. The van der Waals surface area contributed by atoms with Crippen LogP contribution in [0.5, 0.6) is 0 Å². The fourth-order valence-electron chi connectivity index (χ4n) is 4.14. The van der Waals surface area contributed by atoms with Crippen LogP contribution in [0.4, 0.5) is 4.39 Å². The van der Waals surface area contributed by atoms with Crippen molar-refractivity contribution in [3.05, 3.63) is 77.0 Å². The molecular formula is C26H27FN4O2. The largest absolute Gasteiger partial charge is 0.386 e. The quantitative estimate of drug-likeness (QED) is 0.421. The molecule has 2 aromatic carbocycles. The number of halogens is 1. The smallest absolute Gasteiger partial charge is 0.278 e. The lowest BCUT2D eigenvalue weighted by molar-refractivity contribution is 0.0609. The van der Waals surface area contributed by atoms with Gasteiger partial charge in [-0.2, -0.15) is 10.1 Å². The zero-order valence-corrected chi connectivity index (χ0v) is 19.0. The monoisotopic (exact) mass is 446 g/mol. The number of rotatable bonds is 6. The molecular weight excluding hydrogens is 419 g/mol. The summed E-state index contributed by atoms with van der Waals surface area (Å²) in [5.74, 6) is 0.783. The number of aryl methyl sites for hydroxylation is 1. The van der Waals surface area contributed by atoms with Crippen molar-refractivity contribution >= 4 is 0 Å². The Balaban J connectivity index is 1.35. The van der Waals surface area contributed by atoms with E-state index in [4.69, 9.17) is 4.52 Å². The van der Waals surface area contributed by atoms with Gasteiger partial charge in [-0.15, -0.1) is 0 Å². The first kappa shape index (κ1) is 21.5. The summed E-state index contributed by atoms with van der Waals surface area (Å²) in [7, 11) is 0. The molecule has 0 spiro atoms. The molecule has 1 saturated carbocycles. The SMILES string of the molecule is Cc1cc(-c2nc(-c3ccc(C4(F)CCC4)cc3)no2)nn1Cc1cccc(C(C)(C)O)c1. The first-order valence-electron chi connectivity index (χ1n) is 11.2. The molecule has 0 atom stereocenters. The van der Waals surface area contributed by atoms with Crippen LogP contribution in [-0.2, 0) is 17.8 Å². The van der Waals surface area contributed by atoms with Crippen LogP contribution in [0.3, 0.4) is 0 Å². The highest BCUT2D eigenvalue weighted by molar-refractivity contribution is 5.58. The number of hydrogen-bond donors (Lipinski definition) is 1. The number of nitrogens with zero attached hydrogens (tertiary/aromatic N) is 4. The zero-order valence-electron chi connectivity index (χ0n) is 19.0. The fourth-order valence-corrected chi connectivity index (χ4v) is 4.14. The van der Waals surface area contributed by atoms with Gasteiger partial charge in [-0.05, 0) is 62.8 Å². The van der Waals surface area contributed by atoms with E-state index in [1.54, 1.807) is 13.8 Å². The molecule has 4 aromatic rings. The van der Waals surface area contributed by atoms with Gasteiger partial charge in [0.05, 0.1) is 12.1 Å². The Kier molecular flexibility index (Phi) is 5.16. The van der Waals surface area contributed by atoms with E-state index in [0.29, 0.717) is 42.4 Å². The second-order valence-corrected chi connectivity index (χ2v) is 9.41. The van der Waals surface area contributed by atoms with E-state index in [9.17, 15) is 9.50 Å². The van der Waals surface area contributed by atoms with Gasteiger partial charge in [-0.25, -0.2) is 4.39 Å². The van der Waals surface area contributed by atoms with Crippen molar-refractivity contribution < 1.29 is 14.0 Å². The molecule has 0 aliphatic heterocycles. The minimum atomic E-state index is -1.18. The van der Waals surface area contributed by atoms with E-state index in [2.05, 4.69) is 15.2 Å². The molecule has 6 nitrogen and oxygen atoms in total. The van der Waals surface area contributed by atoms with E-state index in [1.807, 2.05) is 66.2 Å². The number of aromatic nitrogens is 4. The van der Waals surface area contributed by atoms with Crippen LogP contribution in [0.1, 0.15) is 55.5 Å². The van der Waals surface area contributed by atoms with E-state index < -0.39 is 11.3 Å². The lowest BCUT2D eigenvalue weighted by Crippen LogP contribution is -2.28. The molecule has 5 rings (SSSR count). The summed E-state index contributed by atoms with van der Waals surface area (Å²) in [5.41, 5.74) is 2.85. The Hall–Kier alpha value is -3.32. The Morgan fingerprint density at radius 2 is 1.88 bits per heavy atom. The standard InChI is InChI=1S/C26H27FN4O2/c1-17-14-22(29-31(17)16-18-6-4-7-21(15-18)25(2,3)32)24-28-23(30-33-24)19-8-10-20(11-9-19)26(27)12-5-13-26/h4,6-11,14-15,32H,5,12-13,16H2,1-3H3. The van der Waals surface area contributed by atoms with E-state index in [1.165, 1.54) is 0 Å². The Bertz CT molecular complexity index is 1280. The van der Waals surface area contributed by atoms with Crippen molar-refractivity contribution in [2.75, 3.05) is 0 Å². The van der Waals surface area contributed by atoms with Gasteiger partial charge in [0, 0.05) is 11.3 Å². The van der Waals surface area contributed by atoms with Gasteiger partial charge in [0.15, 0.2) is 5.69 Å². The van der Waals surface area contributed by atoms with E-state index >= 15 is 0 Å². The van der Waals surface area contributed by atoms with Crippen LogP contribution in [0.25, 0.3) is 23.0 Å². The summed E-state index contributed by atoms with van der Waals surface area (Å²) < 4.78 is 21.9. The van der Waals surface area contributed by atoms with Gasteiger partial charge in [-0.1, -0.05) is 53.7 Å². The molecule has 0 bridgehead atoms. The number of alkyl halides is 1. The maximum Gasteiger partial charge on any atom is 0.278 e. The van der Waals surface area contributed by atoms with Crippen molar-refractivity contribution in [3.8, 4) is 23.0 Å². The summed E-state index contributed by atoms with van der Waals surface area (Å²) >= 11 is 0. The first-order chi connectivity index (χ1) is 15.7. The molecule has 0 unspecified atom stereocenters. The van der Waals surface area contributed by atoms with Gasteiger partial charge in [-0.3, -0.25) is 4.68 Å². The van der Waals surface area contributed by atoms with Gasteiger partial charge in [0.2, 0.25) is 5.82 Å². The highest BCUT2D eigenvalue weighted by atomic mass is 19.1. The molecule has 1 aliphatic carbocycles. The van der Waals surface area contributed by atoms with Crippen molar-refractivity contribution in [1.82, 2.24) is 19.9 Å². The summed E-state index contributed by atoms with van der Waals surface area (Å²) in [6.07, 6.45) is 2.11. The third kappa shape index (κ3) is 4.20. The highest BCUT2D eigenvalue weighted by Crippen LogP contribution is 2.45. The van der Waals surface area contributed by atoms with Crippen LogP contribution in [-0.4, -0.2) is 25.0 Å². The van der Waals surface area contributed by atoms with Gasteiger partial charge in [0.1, 0.15) is 5.67 Å². The average Bonchev–Trinajstić information content (AvgIpc) is 3.39. The predicted molar refractivity (Wildman–Crippen MR) is 123 cm³/mol. The predicted octanol–water partition coefficient (Wildman–Crippen LogP) is 5.53. The maximum atomic E-state index is 14.6. The molecule has 0 radical (unpaired) electrons. The Labute approximate surface area is 192 Å². The number of benzene rings is 2. The average molecular weight is 447 g/mol. The fraction of sp³-hybridized carbons (Fsp3) is 0.346. The van der Waals surface area contributed by atoms with Crippen molar-refractivity contribution in [1.29, 1.82) is 0 Å². The molecule has 2 heterocycles.